The number of benzene rings is 1. The lowest BCUT2D eigenvalue weighted by Gasteiger charge is -2.29. The van der Waals surface area contributed by atoms with Crippen molar-refractivity contribution in [3.63, 3.8) is 0 Å². The Balaban J connectivity index is 2.61. The lowest BCUT2D eigenvalue weighted by Crippen LogP contribution is -2.42. The molecule has 35 heavy (non-hydrogen) atoms. The Morgan fingerprint density at radius 3 is 1.66 bits per heavy atom. The first-order valence-corrected chi connectivity index (χ1v) is 14.8. The van der Waals surface area contributed by atoms with E-state index in [0.717, 1.165) is 36.0 Å². The maximum absolute atomic E-state index is 12.6. The molecular formula is C28H50N2O4S. The standard InChI is InChI=1S/C28H50N2O4S/c1-9-10-11-12-13-14-15-16-17-18-19-29-35(32,33)30-26(31)34-25-23(27(3,4)5)20-22(2)21-24(25)28(6,7)8/h20-21,29H,9-19H2,1-8H3,(H,30,31). The average molecular weight is 511 g/mol. The second-order valence-electron chi connectivity index (χ2n) is 11.8. The predicted octanol–water partition coefficient (Wildman–Crippen LogP) is 7.43. The molecule has 0 spiro atoms. The van der Waals surface area contributed by atoms with Crippen molar-refractivity contribution in [2.75, 3.05) is 6.54 Å². The molecule has 1 aromatic rings. The van der Waals surface area contributed by atoms with Crippen molar-refractivity contribution < 1.29 is 17.9 Å². The molecule has 0 atom stereocenters. The molecule has 0 bridgehead atoms. The van der Waals surface area contributed by atoms with Gasteiger partial charge < -0.3 is 4.74 Å². The summed E-state index contributed by atoms with van der Waals surface area (Å²) in [6.07, 6.45) is 10.8. The summed E-state index contributed by atoms with van der Waals surface area (Å²) in [7, 11) is -3.99. The third-order valence-corrected chi connectivity index (χ3v) is 7.10. The van der Waals surface area contributed by atoms with E-state index in [1.165, 1.54) is 44.9 Å². The van der Waals surface area contributed by atoms with E-state index in [1.54, 1.807) is 0 Å². The fourth-order valence-corrected chi connectivity index (χ4v) is 4.82. The van der Waals surface area contributed by atoms with E-state index in [4.69, 9.17) is 4.74 Å². The minimum atomic E-state index is -3.99. The number of nitrogens with one attached hydrogen (secondary N) is 2. The van der Waals surface area contributed by atoms with Crippen LogP contribution in [0.15, 0.2) is 12.1 Å². The summed E-state index contributed by atoms with van der Waals surface area (Å²) >= 11 is 0. The molecule has 7 heteroatoms. The number of hydrogen-bond acceptors (Lipinski definition) is 4. The van der Waals surface area contributed by atoms with Crippen molar-refractivity contribution >= 4 is 16.3 Å². The van der Waals surface area contributed by atoms with Gasteiger partial charge in [0, 0.05) is 17.7 Å². The minimum absolute atomic E-state index is 0.283. The van der Waals surface area contributed by atoms with Crippen molar-refractivity contribution in [3.05, 3.63) is 28.8 Å². The van der Waals surface area contributed by atoms with Gasteiger partial charge in [-0.25, -0.2) is 9.52 Å². The highest BCUT2D eigenvalue weighted by atomic mass is 32.2. The summed E-state index contributed by atoms with van der Waals surface area (Å²) in [6, 6.07) is 3.99. The molecule has 0 radical (unpaired) electrons. The van der Waals surface area contributed by atoms with Crippen molar-refractivity contribution in [2.45, 2.75) is 130 Å². The zero-order chi connectivity index (χ0) is 26.7. The lowest BCUT2D eigenvalue weighted by molar-refractivity contribution is 0.204. The Hall–Kier alpha value is -1.60. The van der Waals surface area contributed by atoms with E-state index in [1.807, 2.05) is 65.3 Å². The van der Waals surface area contributed by atoms with E-state index in [-0.39, 0.29) is 10.8 Å². The SMILES string of the molecule is CCCCCCCCCCCCNS(=O)(=O)NC(=O)Oc1c(C(C)(C)C)cc(C)cc1C(C)(C)C. The fraction of sp³-hybridized carbons (Fsp3) is 0.750. The Labute approximate surface area is 215 Å². The molecule has 0 aromatic heterocycles. The van der Waals surface area contributed by atoms with Crippen LogP contribution >= 0.6 is 0 Å². The van der Waals surface area contributed by atoms with E-state index in [2.05, 4.69) is 11.6 Å². The number of rotatable bonds is 14. The van der Waals surface area contributed by atoms with Gasteiger partial charge in [-0.05, 0) is 24.2 Å². The first-order chi connectivity index (χ1) is 16.2. The Bertz CT molecular complexity index is 862. The second-order valence-corrected chi connectivity index (χ2v) is 13.3. The highest BCUT2D eigenvalue weighted by Gasteiger charge is 2.29. The number of aryl methyl sites for hydroxylation is 1. The minimum Gasteiger partial charge on any atom is -0.409 e. The molecule has 0 aliphatic carbocycles. The summed E-state index contributed by atoms with van der Waals surface area (Å²) in [5, 5.41) is 0. The number of ether oxygens (including phenoxy) is 1. The van der Waals surface area contributed by atoms with Crippen LogP contribution in [0, 0.1) is 6.92 Å². The molecule has 0 saturated heterocycles. The predicted molar refractivity (Wildman–Crippen MR) is 147 cm³/mol. The molecule has 1 rings (SSSR count). The molecule has 0 saturated carbocycles. The van der Waals surface area contributed by atoms with Gasteiger partial charge in [0.2, 0.25) is 0 Å². The molecule has 1 aromatic carbocycles. The van der Waals surface area contributed by atoms with E-state index < -0.39 is 16.3 Å². The summed E-state index contributed by atoms with van der Waals surface area (Å²) in [4.78, 5) is 12.6. The van der Waals surface area contributed by atoms with Gasteiger partial charge >= 0.3 is 16.3 Å². The normalized spacial score (nSPS) is 12.6. The van der Waals surface area contributed by atoms with Gasteiger partial charge in [0.05, 0.1) is 0 Å². The van der Waals surface area contributed by atoms with Crippen LogP contribution in [0.3, 0.4) is 0 Å². The molecule has 0 heterocycles. The largest absolute Gasteiger partial charge is 0.427 e. The topological polar surface area (TPSA) is 84.5 Å². The van der Waals surface area contributed by atoms with Crippen LogP contribution in [-0.4, -0.2) is 21.1 Å². The monoisotopic (exact) mass is 510 g/mol. The number of carbonyl (C=O) groups is 1. The van der Waals surface area contributed by atoms with Gasteiger partial charge in [0.1, 0.15) is 5.75 Å². The van der Waals surface area contributed by atoms with Crippen LogP contribution < -0.4 is 14.2 Å². The molecule has 0 unspecified atom stereocenters. The van der Waals surface area contributed by atoms with Gasteiger partial charge in [-0.2, -0.15) is 13.1 Å². The highest BCUT2D eigenvalue weighted by Crippen LogP contribution is 2.40. The fourth-order valence-electron chi connectivity index (χ4n) is 4.08. The summed E-state index contributed by atoms with van der Waals surface area (Å²) < 4.78 is 34.9. The van der Waals surface area contributed by atoms with Gasteiger partial charge in [-0.1, -0.05) is 124 Å². The molecule has 1 amide bonds. The molecule has 6 nitrogen and oxygen atoms in total. The van der Waals surface area contributed by atoms with Crippen molar-refractivity contribution in [3.8, 4) is 5.75 Å². The average Bonchev–Trinajstić information content (AvgIpc) is 2.71. The molecule has 2 N–H and O–H groups in total. The molecule has 0 aliphatic rings. The van der Waals surface area contributed by atoms with Gasteiger partial charge in [-0.15, -0.1) is 0 Å². The molecular weight excluding hydrogens is 460 g/mol. The highest BCUT2D eigenvalue weighted by molar-refractivity contribution is 7.88. The third-order valence-electron chi connectivity index (χ3n) is 6.08. The summed E-state index contributed by atoms with van der Waals surface area (Å²) in [6.45, 7) is 16.8. The third kappa shape index (κ3) is 12.3. The zero-order valence-corrected chi connectivity index (χ0v) is 24.3. The van der Waals surface area contributed by atoms with Crippen molar-refractivity contribution in [1.82, 2.24) is 9.44 Å². The van der Waals surface area contributed by atoms with Crippen molar-refractivity contribution in [2.24, 2.45) is 0 Å². The van der Waals surface area contributed by atoms with Crippen LogP contribution in [0.1, 0.15) is 129 Å². The van der Waals surface area contributed by atoms with Crippen LogP contribution in [0.2, 0.25) is 0 Å². The lowest BCUT2D eigenvalue weighted by atomic mass is 9.78. The van der Waals surface area contributed by atoms with E-state index in [0.29, 0.717) is 12.3 Å². The van der Waals surface area contributed by atoms with Crippen LogP contribution in [-0.2, 0) is 21.0 Å². The van der Waals surface area contributed by atoms with Crippen LogP contribution in [0.5, 0.6) is 5.75 Å². The number of unbranched alkanes of at least 4 members (excludes halogenated alkanes) is 9. The number of carbonyl (C=O) groups excluding carboxylic acids is 1. The van der Waals surface area contributed by atoms with Crippen molar-refractivity contribution in [1.29, 1.82) is 0 Å². The Kier molecular flexibility index (Phi) is 12.8. The van der Waals surface area contributed by atoms with E-state index >= 15 is 0 Å². The smallest absolute Gasteiger partial charge is 0.409 e. The second kappa shape index (κ2) is 14.2. The first-order valence-electron chi connectivity index (χ1n) is 13.3. The zero-order valence-electron chi connectivity index (χ0n) is 23.5. The van der Waals surface area contributed by atoms with E-state index in [9.17, 15) is 13.2 Å². The molecule has 0 fully saturated rings. The maximum Gasteiger partial charge on any atom is 0.427 e. The Morgan fingerprint density at radius 1 is 0.800 bits per heavy atom. The summed E-state index contributed by atoms with van der Waals surface area (Å²) in [5.74, 6) is 0.429. The first kappa shape index (κ1) is 31.4. The molecule has 0 aliphatic heterocycles. The maximum atomic E-state index is 12.6. The quantitative estimate of drug-likeness (QED) is 0.255. The van der Waals surface area contributed by atoms with Gasteiger partial charge in [-0.3, -0.25) is 0 Å². The summed E-state index contributed by atoms with van der Waals surface area (Å²) in [5.41, 5.74) is 2.24. The van der Waals surface area contributed by atoms with Crippen LogP contribution in [0.4, 0.5) is 4.79 Å². The number of hydrogen-bond donors (Lipinski definition) is 2. The molecule has 202 valence electrons. The van der Waals surface area contributed by atoms with Gasteiger partial charge in [0.15, 0.2) is 0 Å². The van der Waals surface area contributed by atoms with Gasteiger partial charge in [0.25, 0.3) is 0 Å². The van der Waals surface area contributed by atoms with Crippen LogP contribution in [0.25, 0.3) is 0 Å². The number of amides is 1. The Morgan fingerprint density at radius 2 is 1.23 bits per heavy atom.